The van der Waals surface area contributed by atoms with Crippen LogP contribution in [-0.2, 0) is 4.79 Å². The molecule has 1 amide bonds. The molecule has 84 valence electrons. The third-order valence-corrected chi connectivity index (χ3v) is 2.10. The maximum absolute atomic E-state index is 11.7. The number of nitrogens with one attached hydrogen (secondary N) is 1. The molecule has 0 aromatic rings. The molecule has 0 rings (SSSR count). The van der Waals surface area contributed by atoms with Crippen molar-refractivity contribution >= 4 is 5.91 Å². The first kappa shape index (κ1) is 13.3. The lowest BCUT2D eigenvalue weighted by Gasteiger charge is -2.13. The average molecular weight is 211 g/mol. The van der Waals surface area contributed by atoms with Gasteiger partial charge in [-0.2, -0.15) is 13.2 Å². The second-order valence-electron chi connectivity index (χ2n) is 3.28. The average Bonchev–Trinajstić information content (AvgIpc) is 2.03. The first-order chi connectivity index (χ1) is 6.39. The highest BCUT2D eigenvalue weighted by Gasteiger charge is 2.31. The van der Waals surface area contributed by atoms with E-state index in [1.54, 1.807) is 0 Å². The zero-order valence-electron chi connectivity index (χ0n) is 8.45. The molecule has 0 aliphatic heterocycles. The minimum Gasteiger partial charge on any atom is -0.356 e. The molecule has 0 heterocycles. The number of rotatable bonds is 5. The van der Waals surface area contributed by atoms with Gasteiger partial charge in [-0.3, -0.25) is 4.79 Å². The van der Waals surface area contributed by atoms with Crippen LogP contribution in [0.5, 0.6) is 0 Å². The molecule has 0 aliphatic carbocycles. The summed E-state index contributed by atoms with van der Waals surface area (Å²) in [5.41, 5.74) is 0. The van der Waals surface area contributed by atoms with Gasteiger partial charge in [-0.05, 0) is 5.92 Å². The van der Waals surface area contributed by atoms with Crippen molar-refractivity contribution in [3.63, 3.8) is 0 Å². The van der Waals surface area contributed by atoms with E-state index in [2.05, 4.69) is 5.32 Å². The van der Waals surface area contributed by atoms with Crippen molar-refractivity contribution in [1.82, 2.24) is 5.32 Å². The Hall–Kier alpha value is -0.740. The minimum atomic E-state index is -4.40. The molecule has 0 bridgehead atoms. The predicted octanol–water partition coefficient (Wildman–Crippen LogP) is 2.49. The zero-order valence-corrected chi connectivity index (χ0v) is 8.45. The summed E-state index contributed by atoms with van der Waals surface area (Å²) in [5.74, 6) is -0.670. The Balaban J connectivity index is 3.74. The van der Waals surface area contributed by atoms with Gasteiger partial charge in [0.15, 0.2) is 0 Å². The number of alkyl halides is 3. The fourth-order valence-corrected chi connectivity index (χ4v) is 1.08. The van der Waals surface area contributed by atoms with Crippen LogP contribution in [0.15, 0.2) is 0 Å². The van der Waals surface area contributed by atoms with Crippen LogP contribution in [0.3, 0.4) is 0 Å². The number of carbonyl (C=O) groups is 1. The van der Waals surface area contributed by atoms with E-state index in [0.29, 0.717) is 6.54 Å². The Morgan fingerprint density at radius 2 is 1.79 bits per heavy atom. The van der Waals surface area contributed by atoms with Crippen molar-refractivity contribution in [2.75, 3.05) is 6.54 Å². The second-order valence-corrected chi connectivity index (χ2v) is 3.28. The lowest BCUT2D eigenvalue weighted by atomic mass is 10.0. The van der Waals surface area contributed by atoms with E-state index < -0.39 is 18.5 Å². The molecule has 0 radical (unpaired) electrons. The van der Waals surface area contributed by atoms with Crippen LogP contribution in [0.25, 0.3) is 0 Å². The highest BCUT2D eigenvalue weighted by atomic mass is 19.4. The van der Waals surface area contributed by atoms with Crippen LogP contribution >= 0.6 is 0 Å². The summed E-state index contributed by atoms with van der Waals surface area (Å²) in [6.45, 7) is 4.23. The zero-order chi connectivity index (χ0) is 11.2. The first-order valence-electron chi connectivity index (χ1n) is 4.72. The number of hydrogen-bond acceptors (Lipinski definition) is 1. The maximum Gasteiger partial charge on any atom is 0.397 e. The van der Waals surface area contributed by atoms with Gasteiger partial charge in [0.2, 0.25) is 5.91 Å². The van der Waals surface area contributed by atoms with E-state index in [-0.39, 0.29) is 5.92 Å². The van der Waals surface area contributed by atoms with Gasteiger partial charge >= 0.3 is 6.18 Å². The predicted molar refractivity (Wildman–Crippen MR) is 47.8 cm³/mol. The quantitative estimate of drug-likeness (QED) is 0.743. The van der Waals surface area contributed by atoms with Gasteiger partial charge in [-0.1, -0.05) is 26.7 Å². The summed E-state index contributed by atoms with van der Waals surface area (Å²) in [6.07, 6.45) is -4.06. The summed E-state index contributed by atoms with van der Waals surface area (Å²) in [7, 11) is 0. The molecule has 1 N–H and O–H groups in total. The Labute approximate surface area is 81.9 Å². The Bertz CT molecular complexity index is 175. The van der Waals surface area contributed by atoms with Crippen LogP contribution in [0.1, 0.15) is 33.1 Å². The summed E-state index contributed by atoms with van der Waals surface area (Å²) in [4.78, 5) is 10.8. The first-order valence-corrected chi connectivity index (χ1v) is 4.72. The smallest absolute Gasteiger partial charge is 0.356 e. The standard InChI is InChI=1S/C9H16F3NO/c1-3-7(4-2)6-13-8(14)5-9(10,11)12/h7H,3-6H2,1-2H3,(H,13,14). The minimum absolute atomic E-state index is 0.271. The fourth-order valence-electron chi connectivity index (χ4n) is 1.08. The van der Waals surface area contributed by atoms with Gasteiger partial charge in [-0.25, -0.2) is 0 Å². The van der Waals surface area contributed by atoms with Gasteiger partial charge in [0.05, 0.1) is 0 Å². The molecule has 14 heavy (non-hydrogen) atoms. The summed E-state index contributed by atoms with van der Waals surface area (Å²) in [5, 5.41) is 2.28. The van der Waals surface area contributed by atoms with E-state index in [4.69, 9.17) is 0 Å². The molecule has 0 aromatic heterocycles. The molecule has 0 saturated heterocycles. The van der Waals surface area contributed by atoms with Gasteiger partial charge < -0.3 is 5.32 Å². The fraction of sp³-hybridized carbons (Fsp3) is 0.889. The molecule has 0 fully saturated rings. The molecule has 0 saturated carbocycles. The lowest BCUT2D eigenvalue weighted by molar-refractivity contribution is -0.153. The van der Waals surface area contributed by atoms with Gasteiger partial charge in [0.1, 0.15) is 6.42 Å². The molecule has 0 unspecified atom stereocenters. The number of amides is 1. The topological polar surface area (TPSA) is 29.1 Å². The maximum atomic E-state index is 11.7. The highest BCUT2D eigenvalue weighted by molar-refractivity contribution is 5.76. The van der Waals surface area contributed by atoms with E-state index in [1.807, 2.05) is 13.8 Å². The molecule has 0 aliphatic rings. The van der Waals surface area contributed by atoms with Crippen molar-refractivity contribution in [2.45, 2.75) is 39.3 Å². The summed E-state index contributed by atoms with van der Waals surface area (Å²) < 4.78 is 35.2. The number of carbonyl (C=O) groups excluding carboxylic acids is 1. The van der Waals surface area contributed by atoms with Gasteiger partial charge in [-0.15, -0.1) is 0 Å². The van der Waals surface area contributed by atoms with Gasteiger partial charge in [0.25, 0.3) is 0 Å². The molecular weight excluding hydrogens is 195 g/mol. The largest absolute Gasteiger partial charge is 0.397 e. The summed E-state index contributed by atoms with van der Waals surface area (Å²) >= 11 is 0. The van der Waals surface area contributed by atoms with Crippen molar-refractivity contribution in [1.29, 1.82) is 0 Å². The summed E-state index contributed by atoms with van der Waals surface area (Å²) in [6, 6.07) is 0. The van der Waals surface area contributed by atoms with Crippen molar-refractivity contribution in [3.05, 3.63) is 0 Å². The van der Waals surface area contributed by atoms with Crippen molar-refractivity contribution in [2.24, 2.45) is 5.92 Å². The van der Waals surface area contributed by atoms with Crippen LogP contribution < -0.4 is 5.32 Å². The van der Waals surface area contributed by atoms with Crippen LogP contribution in [0, 0.1) is 5.92 Å². The Kier molecular flexibility index (Phi) is 5.57. The van der Waals surface area contributed by atoms with Gasteiger partial charge in [0, 0.05) is 6.54 Å². The van der Waals surface area contributed by atoms with E-state index in [1.165, 1.54) is 0 Å². The van der Waals surface area contributed by atoms with Crippen LogP contribution in [0.2, 0.25) is 0 Å². The van der Waals surface area contributed by atoms with E-state index in [0.717, 1.165) is 12.8 Å². The second kappa shape index (κ2) is 5.88. The van der Waals surface area contributed by atoms with E-state index in [9.17, 15) is 18.0 Å². The Morgan fingerprint density at radius 1 is 1.29 bits per heavy atom. The number of halogens is 3. The molecule has 0 atom stereocenters. The molecule has 0 spiro atoms. The van der Waals surface area contributed by atoms with E-state index >= 15 is 0 Å². The van der Waals surface area contributed by atoms with Crippen LogP contribution in [-0.4, -0.2) is 18.6 Å². The van der Waals surface area contributed by atoms with Crippen LogP contribution in [0.4, 0.5) is 13.2 Å². The monoisotopic (exact) mass is 211 g/mol. The molecule has 0 aromatic carbocycles. The number of hydrogen-bond donors (Lipinski definition) is 1. The van der Waals surface area contributed by atoms with Crippen molar-refractivity contribution in [3.8, 4) is 0 Å². The molecular formula is C9H16F3NO. The third-order valence-electron chi connectivity index (χ3n) is 2.10. The third kappa shape index (κ3) is 6.74. The Morgan fingerprint density at radius 3 is 2.14 bits per heavy atom. The SMILES string of the molecule is CCC(CC)CNC(=O)CC(F)(F)F. The lowest BCUT2D eigenvalue weighted by Crippen LogP contribution is -2.32. The molecule has 2 nitrogen and oxygen atoms in total. The van der Waals surface area contributed by atoms with Crippen molar-refractivity contribution < 1.29 is 18.0 Å². The highest BCUT2D eigenvalue weighted by Crippen LogP contribution is 2.19. The normalized spacial score (nSPS) is 11.9. The molecule has 5 heteroatoms.